The molecule has 0 aromatic heterocycles. The molecule has 0 aliphatic carbocycles. The quantitative estimate of drug-likeness (QED) is 0.687. The molecule has 17 heavy (non-hydrogen) atoms. The average molecular weight is 240 g/mol. The maximum atomic E-state index is 3.58. The van der Waals surface area contributed by atoms with Crippen molar-refractivity contribution in [1.29, 1.82) is 0 Å². The highest BCUT2D eigenvalue weighted by molar-refractivity contribution is 4.63. The van der Waals surface area contributed by atoms with Gasteiger partial charge in [-0.25, -0.2) is 0 Å². The van der Waals surface area contributed by atoms with E-state index in [1.165, 1.54) is 77.7 Å². The molecule has 0 amide bonds. The molecular weight excluding hydrogens is 208 g/mol. The predicted octanol–water partition coefficient (Wildman–Crippen LogP) is 3.28. The van der Waals surface area contributed by atoms with E-state index in [0.29, 0.717) is 0 Å². The summed E-state index contributed by atoms with van der Waals surface area (Å²) in [6, 6.07) is 0. The van der Waals surface area contributed by atoms with E-state index in [1.54, 1.807) is 0 Å². The lowest BCUT2D eigenvalue weighted by molar-refractivity contribution is 0.247. The lowest BCUT2D eigenvalue weighted by Gasteiger charge is -2.24. The fourth-order valence-corrected chi connectivity index (χ4v) is 2.53. The monoisotopic (exact) mass is 240 g/mol. The smallest absolute Gasteiger partial charge is 0.0107 e. The van der Waals surface area contributed by atoms with Crippen LogP contribution in [0, 0.1) is 5.92 Å². The van der Waals surface area contributed by atoms with E-state index < -0.39 is 0 Å². The Labute approximate surface area is 108 Å². The van der Waals surface area contributed by atoms with Crippen LogP contribution in [0.5, 0.6) is 0 Å². The zero-order valence-corrected chi connectivity index (χ0v) is 12.0. The van der Waals surface area contributed by atoms with Gasteiger partial charge in [-0.3, -0.25) is 0 Å². The van der Waals surface area contributed by atoms with Gasteiger partial charge >= 0.3 is 0 Å². The summed E-state index contributed by atoms with van der Waals surface area (Å²) >= 11 is 0. The molecule has 0 spiro atoms. The van der Waals surface area contributed by atoms with Crippen molar-refractivity contribution in [3.8, 4) is 0 Å². The SMILES string of the molecule is CC(C)CCCNCCN1CCCCCCC1. The zero-order valence-electron chi connectivity index (χ0n) is 12.0. The molecule has 102 valence electrons. The van der Waals surface area contributed by atoms with Crippen LogP contribution in [0.3, 0.4) is 0 Å². The summed E-state index contributed by atoms with van der Waals surface area (Å²) in [5.41, 5.74) is 0. The molecule has 1 aliphatic rings. The molecule has 0 unspecified atom stereocenters. The van der Waals surface area contributed by atoms with Gasteiger partial charge < -0.3 is 10.2 Å². The zero-order chi connectivity index (χ0) is 12.3. The molecule has 2 heteroatoms. The van der Waals surface area contributed by atoms with Gasteiger partial charge in [0, 0.05) is 13.1 Å². The number of nitrogens with zero attached hydrogens (tertiary/aromatic N) is 1. The van der Waals surface area contributed by atoms with Crippen molar-refractivity contribution in [1.82, 2.24) is 10.2 Å². The number of hydrogen-bond donors (Lipinski definition) is 1. The van der Waals surface area contributed by atoms with Gasteiger partial charge in [0.2, 0.25) is 0 Å². The van der Waals surface area contributed by atoms with E-state index in [9.17, 15) is 0 Å². The van der Waals surface area contributed by atoms with Crippen LogP contribution in [0.25, 0.3) is 0 Å². The molecule has 1 fully saturated rings. The summed E-state index contributed by atoms with van der Waals surface area (Å²) < 4.78 is 0. The van der Waals surface area contributed by atoms with Gasteiger partial charge in [-0.2, -0.15) is 0 Å². The lowest BCUT2D eigenvalue weighted by atomic mass is 10.1. The van der Waals surface area contributed by atoms with Crippen molar-refractivity contribution < 1.29 is 0 Å². The van der Waals surface area contributed by atoms with Crippen molar-refractivity contribution in [2.45, 2.75) is 58.8 Å². The summed E-state index contributed by atoms with van der Waals surface area (Å²) in [6.45, 7) is 10.9. The molecule has 0 bridgehead atoms. The average Bonchev–Trinajstić information content (AvgIpc) is 2.25. The number of likely N-dealkylation sites (tertiary alicyclic amines) is 1. The molecule has 1 saturated heterocycles. The van der Waals surface area contributed by atoms with E-state index >= 15 is 0 Å². The van der Waals surface area contributed by atoms with Crippen molar-refractivity contribution in [3.63, 3.8) is 0 Å². The lowest BCUT2D eigenvalue weighted by Crippen LogP contribution is -2.34. The highest BCUT2D eigenvalue weighted by Gasteiger charge is 2.06. The third-order valence-electron chi connectivity index (χ3n) is 3.69. The molecule has 1 heterocycles. The standard InChI is InChI=1S/C15H32N2/c1-15(2)9-8-10-16-11-14-17-12-6-4-3-5-7-13-17/h15-16H,3-14H2,1-2H3. The van der Waals surface area contributed by atoms with Crippen LogP contribution in [0.15, 0.2) is 0 Å². The molecule has 1 N–H and O–H groups in total. The molecule has 0 saturated carbocycles. The first-order valence-electron chi connectivity index (χ1n) is 7.72. The second-order valence-electron chi connectivity index (χ2n) is 5.90. The largest absolute Gasteiger partial charge is 0.315 e. The van der Waals surface area contributed by atoms with Crippen LogP contribution in [0.4, 0.5) is 0 Å². The highest BCUT2D eigenvalue weighted by Crippen LogP contribution is 2.09. The van der Waals surface area contributed by atoms with Gasteiger partial charge in [0.05, 0.1) is 0 Å². The minimum atomic E-state index is 0.853. The first-order valence-corrected chi connectivity index (χ1v) is 7.72. The second-order valence-corrected chi connectivity index (χ2v) is 5.90. The minimum absolute atomic E-state index is 0.853. The number of nitrogens with one attached hydrogen (secondary N) is 1. The first kappa shape index (κ1) is 15.0. The summed E-state index contributed by atoms with van der Waals surface area (Å²) in [4.78, 5) is 2.65. The fourth-order valence-electron chi connectivity index (χ4n) is 2.53. The Balaban J connectivity index is 1.93. The Morgan fingerprint density at radius 2 is 1.59 bits per heavy atom. The van der Waals surface area contributed by atoms with E-state index in [-0.39, 0.29) is 0 Å². The van der Waals surface area contributed by atoms with Gasteiger partial charge in [0.25, 0.3) is 0 Å². The number of rotatable bonds is 7. The van der Waals surface area contributed by atoms with E-state index in [0.717, 1.165) is 5.92 Å². The Morgan fingerprint density at radius 1 is 0.941 bits per heavy atom. The third kappa shape index (κ3) is 8.62. The molecule has 0 aromatic rings. The van der Waals surface area contributed by atoms with Crippen LogP contribution in [0.2, 0.25) is 0 Å². The van der Waals surface area contributed by atoms with E-state index in [2.05, 4.69) is 24.1 Å². The maximum Gasteiger partial charge on any atom is 0.0107 e. The van der Waals surface area contributed by atoms with Gasteiger partial charge in [0.1, 0.15) is 0 Å². The Bertz CT molecular complexity index is 160. The summed E-state index contributed by atoms with van der Waals surface area (Å²) in [6.07, 6.45) is 9.85. The van der Waals surface area contributed by atoms with Gasteiger partial charge in [-0.15, -0.1) is 0 Å². The summed E-state index contributed by atoms with van der Waals surface area (Å²) in [7, 11) is 0. The second kappa shape index (κ2) is 9.90. The topological polar surface area (TPSA) is 15.3 Å². The Morgan fingerprint density at radius 3 is 2.24 bits per heavy atom. The van der Waals surface area contributed by atoms with Crippen molar-refractivity contribution in [3.05, 3.63) is 0 Å². The number of hydrogen-bond acceptors (Lipinski definition) is 2. The maximum absolute atomic E-state index is 3.58. The fraction of sp³-hybridized carbons (Fsp3) is 1.00. The first-order chi connectivity index (χ1) is 8.29. The molecule has 1 rings (SSSR count). The molecule has 2 nitrogen and oxygen atoms in total. The molecular formula is C15H32N2. The van der Waals surface area contributed by atoms with Gasteiger partial charge in [-0.1, -0.05) is 33.1 Å². The van der Waals surface area contributed by atoms with Crippen molar-refractivity contribution in [2.75, 3.05) is 32.7 Å². The van der Waals surface area contributed by atoms with Crippen LogP contribution in [-0.4, -0.2) is 37.6 Å². The summed E-state index contributed by atoms with van der Waals surface area (Å²) in [5.74, 6) is 0.853. The normalized spacial score (nSPS) is 19.2. The van der Waals surface area contributed by atoms with Crippen LogP contribution in [0.1, 0.15) is 58.8 Å². The highest BCUT2D eigenvalue weighted by atomic mass is 15.1. The minimum Gasteiger partial charge on any atom is -0.315 e. The van der Waals surface area contributed by atoms with Gasteiger partial charge in [0.15, 0.2) is 0 Å². The Hall–Kier alpha value is -0.0800. The van der Waals surface area contributed by atoms with E-state index in [1.807, 2.05) is 0 Å². The van der Waals surface area contributed by atoms with E-state index in [4.69, 9.17) is 0 Å². The third-order valence-corrected chi connectivity index (χ3v) is 3.69. The van der Waals surface area contributed by atoms with Crippen molar-refractivity contribution in [2.24, 2.45) is 5.92 Å². The van der Waals surface area contributed by atoms with Crippen LogP contribution >= 0.6 is 0 Å². The van der Waals surface area contributed by atoms with Crippen molar-refractivity contribution >= 4 is 0 Å². The molecule has 0 radical (unpaired) electrons. The molecule has 0 atom stereocenters. The van der Waals surface area contributed by atoms with Gasteiger partial charge in [-0.05, 0) is 51.2 Å². The molecule has 0 aromatic carbocycles. The predicted molar refractivity (Wildman–Crippen MR) is 76.5 cm³/mol. The summed E-state index contributed by atoms with van der Waals surface area (Å²) in [5, 5.41) is 3.58. The van der Waals surface area contributed by atoms with Crippen LogP contribution < -0.4 is 5.32 Å². The Kier molecular flexibility index (Phi) is 8.72. The molecule has 1 aliphatic heterocycles. The van der Waals surface area contributed by atoms with Crippen LogP contribution in [-0.2, 0) is 0 Å².